The Balaban J connectivity index is 1.40. The van der Waals surface area contributed by atoms with Gasteiger partial charge in [-0.25, -0.2) is 18.4 Å². The second-order valence-corrected chi connectivity index (χ2v) is 10.5. The highest BCUT2D eigenvalue weighted by atomic mass is 32.2. The largest absolute Gasteiger partial charge is 0.365 e. The van der Waals surface area contributed by atoms with E-state index in [2.05, 4.69) is 24.9 Å². The lowest BCUT2D eigenvalue weighted by Gasteiger charge is -2.45. The maximum atomic E-state index is 13.1. The molecule has 2 N–H and O–H groups in total. The van der Waals surface area contributed by atoms with Gasteiger partial charge in [-0.05, 0) is 49.1 Å². The maximum absolute atomic E-state index is 13.1. The minimum atomic E-state index is -3.62. The van der Waals surface area contributed by atoms with Gasteiger partial charge in [0.2, 0.25) is 16.0 Å². The topological polar surface area (TPSA) is 87.2 Å². The first-order valence-corrected chi connectivity index (χ1v) is 12.3. The number of thiophene rings is 1. The molecule has 0 saturated carbocycles. The second kappa shape index (κ2) is 7.04. The molecule has 7 nitrogen and oxygen atoms in total. The van der Waals surface area contributed by atoms with Crippen molar-refractivity contribution in [3.8, 4) is 10.4 Å². The van der Waals surface area contributed by atoms with Crippen molar-refractivity contribution in [2.45, 2.75) is 37.2 Å². The number of rotatable bonds is 2. The summed E-state index contributed by atoms with van der Waals surface area (Å²) in [6, 6.07) is 11.5. The quantitative estimate of drug-likeness (QED) is 0.633. The SMILES string of the molecule is Cc1cc(C)nc(N2CCC3(CC2)Nc2ccc(-c4cccs4)cc2S(=O)(=O)N3)n1. The maximum Gasteiger partial charge on any atom is 0.244 e. The minimum Gasteiger partial charge on any atom is -0.365 e. The Hall–Kier alpha value is -2.49. The van der Waals surface area contributed by atoms with Crippen molar-refractivity contribution in [3.05, 3.63) is 53.2 Å². The van der Waals surface area contributed by atoms with Crippen LogP contribution in [0.25, 0.3) is 10.4 Å². The van der Waals surface area contributed by atoms with E-state index in [0.717, 1.165) is 21.8 Å². The lowest BCUT2D eigenvalue weighted by molar-refractivity contribution is 0.334. The number of benzene rings is 1. The zero-order chi connectivity index (χ0) is 20.9. The molecule has 0 radical (unpaired) electrons. The number of nitrogens with zero attached hydrogens (tertiary/aromatic N) is 3. The highest BCUT2D eigenvalue weighted by molar-refractivity contribution is 7.89. The van der Waals surface area contributed by atoms with Crippen LogP contribution in [0.3, 0.4) is 0 Å². The Labute approximate surface area is 180 Å². The van der Waals surface area contributed by atoms with Crippen LogP contribution in [-0.2, 0) is 10.0 Å². The van der Waals surface area contributed by atoms with Gasteiger partial charge in [-0.15, -0.1) is 11.3 Å². The molecule has 4 heterocycles. The number of hydrogen-bond acceptors (Lipinski definition) is 7. The monoisotopic (exact) mass is 441 g/mol. The Kier molecular flexibility index (Phi) is 4.57. The number of aryl methyl sites for hydroxylation is 2. The van der Waals surface area contributed by atoms with Crippen molar-refractivity contribution in [1.29, 1.82) is 0 Å². The fourth-order valence-corrected chi connectivity index (χ4v) is 6.50. The highest BCUT2D eigenvalue weighted by Crippen LogP contribution is 2.38. The zero-order valence-corrected chi connectivity index (χ0v) is 18.5. The molecule has 0 atom stereocenters. The van der Waals surface area contributed by atoms with Crippen LogP contribution < -0.4 is 14.9 Å². The molecule has 30 heavy (non-hydrogen) atoms. The van der Waals surface area contributed by atoms with E-state index in [9.17, 15) is 8.42 Å². The molecule has 156 valence electrons. The van der Waals surface area contributed by atoms with Crippen molar-refractivity contribution < 1.29 is 8.42 Å². The summed E-state index contributed by atoms with van der Waals surface area (Å²) in [7, 11) is -3.62. The summed E-state index contributed by atoms with van der Waals surface area (Å²) in [6.07, 6.45) is 1.24. The molecule has 0 amide bonds. The third-order valence-corrected chi connectivity index (χ3v) is 8.15. The smallest absolute Gasteiger partial charge is 0.244 e. The molecular formula is C21H23N5O2S2. The van der Waals surface area contributed by atoms with Gasteiger partial charge in [-0.3, -0.25) is 0 Å². The van der Waals surface area contributed by atoms with E-state index in [1.165, 1.54) is 0 Å². The lowest BCUT2D eigenvalue weighted by Crippen LogP contribution is -2.62. The van der Waals surface area contributed by atoms with E-state index >= 15 is 0 Å². The van der Waals surface area contributed by atoms with Crippen LogP contribution in [-0.4, -0.2) is 37.1 Å². The van der Waals surface area contributed by atoms with Crippen LogP contribution in [0.15, 0.2) is 46.7 Å². The normalized spacial score (nSPS) is 19.3. The van der Waals surface area contributed by atoms with Crippen LogP contribution in [0.4, 0.5) is 11.6 Å². The van der Waals surface area contributed by atoms with Gasteiger partial charge in [-0.1, -0.05) is 12.1 Å². The van der Waals surface area contributed by atoms with E-state index in [1.54, 1.807) is 17.4 Å². The fourth-order valence-electron chi connectivity index (χ4n) is 4.20. The summed E-state index contributed by atoms with van der Waals surface area (Å²) in [4.78, 5) is 12.6. The molecule has 0 unspecified atom stereocenters. The average molecular weight is 442 g/mol. The number of piperidine rings is 1. The third-order valence-electron chi connectivity index (χ3n) is 5.65. The van der Waals surface area contributed by atoms with Crippen LogP contribution in [0, 0.1) is 13.8 Å². The van der Waals surface area contributed by atoms with Gasteiger partial charge in [0, 0.05) is 42.2 Å². The zero-order valence-electron chi connectivity index (χ0n) is 16.8. The molecule has 3 aromatic rings. The summed E-state index contributed by atoms with van der Waals surface area (Å²) in [5.41, 5.74) is 2.75. The van der Waals surface area contributed by atoms with Crippen LogP contribution >= 0.6 is 11.3 Å². The van der Waals surface area contributed by atoms with Gasteiger partial charge in [0.15, 0.2) is 0 Å². The number of hydrogen-bond donors (Lipinski definition) is 2. The first-order valence-electron chi connectivity index (χ1n) is 9.91. The Morgan fingerprint density at radius 2 is 1.80 bits per heavy atom. The first-order chi connectivity index (χ1) is 14.3. The molecule has 2 aromatic heterocycles. The Morgan fingerprint density at radius 3 is 2.47 bits per heavy atom. The fraction of sp³-hybridized carbons (Fsp3) is 0.333. The van der Waals surface area contributed by atoms with Crippen molar-refractivity contribution in [3.63, 3.8) is 0 Å². The predicted octanol–water partition coefficient (Wildman–Crippen LogP) is 3.52. The standard InChI is InChI=1S/C21H23N5O2S2/c1-14-12-15(2)23-20(22-14)26-9-7-21(8-10-26)24-17-6-5-16(18-4-3-11-29-18)13-19(17)30(27,28)25-21/h3-6,11-13,24-25H,7-10H2,1-2H3. The molecule has 0 bridgehead atoms. The molecule has 1 fully saturated rings. The number of nitrogens with one attached hydrogen (secondary N) is 2. The first kappa shape index (κ1) is 19.5. The average Bonchev–Trinajstić information content (AvgIpc) is 3.22. The Bertz CT molecular complexity index is 1180. The molecule has 5 rings (SSSR count). The van der Waals surface area contributed by atoms with Crippen molar-refractivity contribution in [2.75, 3.05) is 23.3 Å². The van der Waals surface area contributed by atoms with Crippen molar-refractivity contribution >= 4 is 33.0 Å². The molecule has 0 aliphatic carbocycles. The van der Waals surface area contributed by atoms with E-state index in [4.69, 9.17) is 0 Å². The van der Waals surface area contributed by atoms with E-state index in [-0.39, 0.29) is 0 Å². The molecule has 2 aliphatic heterocycles. The summed E-state index contributed by atoms with van der Waals surface area (Å²) in [6.45, 7) is 5.26. The van der Waals surface area contributed by atoms with Crippen LogP contribution in [0.5, 0.6) is 0 Å². The van der Waals surface area contributed by atoms with Gasteiger partial charge in [0.1, 0.15) is 10.6 Å². The molecule has 1 aromatic carbocycles. The number of anilines is 2. The van der Waals surface area contributed by atoms with E-state index in [0.29, 0.717) is 42.5 Å². The number of fused-ring (bicyclic) bond motifs is 1. The summed E-state index contributed by atoms with van der Waals surface area (Å²) < 4.78 is 29.2. The van der Waals surface area contributed by atoms with E-state index in [1.807, 2.05) is 49.6 Å². The van der Waals surface area contributed by atoms with Gasteiger partial charge >= 0.3 is 0 Å². The molecular weight excluding hydrogens is 418 g/mol. The van der Waals surface area contributed by atoms with Gasteiger partial charge in [0.25, 0.3) is 0 Å². The number of sulfonamides is 1. The second-order valence-electron chi connectivity index (χ2n) is 7.94. The lowest BCUT2D eigenvalue weighted by atomic mass is 9.97. The Morgan fingerprint density at radius 1 is 1.07 bits per heavy atom. The summed E-state index contributed by atoms with van der Waals surface area (Å²) in [5, 5.41) is 5.47. The van der Waals surface area contributed by atoms with Gasteiger partial charge < -0.3 is 10.2 Å². The highest BCUT2D eigenvalue weighted by Gasteiger charge is 2.43. The van der Waals surface area contributed by atoms with Crippen LogP contribution in [0.2, 0.25) is 0 Å². The summed E-state index contributed by atoms with van der Waals surface area (Å²) in [5.74, 6) is 0.710. The number of aromatic nitrogens is 2. The molecule has 1 spiro atoms. The van der Waals surface area contributed by atoms with Crippen molar-refractivity contribution in [2.24, 2.45) is 0 Å². The van der Waals surface area contributed by atoms with Crippen LogP contribution in [0.1, 0.15) is 24.2 Å². The predicted molar refractivity (Wildman–Crippen MR) is 119 cm³/mol. The summed E-state index contributed by atoms with van der Waals surface area (Å²) >= 11 is 1.60. The van der Waals surface area contributed by atoms with Gasteiger partial charge in [-0.2, -0.15) is 4.72 Å². The van der Waals surface area contributed by atoms with E-state index < -0.39 is 15.7 Å². The third kappa shape index (κ3) is 3.46. The molecule has 9 heteroatoms. The molecule has 1 saturated heterocycles. The minimum absolute atomic E-state index is 0.305. The van der Waals surface area contributed by atoms with Gasteiger partial charge in [0.05, 0.1) is 5.69 Å². The molecule has 2 aliphatic rings. The van der Waals surface area contributed by atoms with Crippen molar-refractivity contribution in [1.82, 2.24) is 14.7 Å².